The van der Waals surface area contributed by atoms with Gasteiger partial charge < -0.3 is 131 Å². The summed E-state index contributed by atoms with van der Waals surface area (Å²) in [6.07, 6.45) is -1.15. The molecule has 0 atom stereocenters. The molecule has 0 N–H and O–H groups in total. The Balaban J connectivity index is 0.000000145. The number of anilines is 5. The van der Waals surface area contributed by atoms with Crippen molar-refractivity contribution < 1.29 is 142 Å². The van der Waals surface area contributed by atoms with E-state index in [-0.39, 0.29) is 51.6 Å². The molecule has 750 valence electrons. The molecule has 143 heavy (non-hydrogen) atoms. The number of benzene rings is 12. The molecular formula is C100H101B6F20N11O6. The molecule has 0 radical (unpaired) electrons. The van der Waals surface area contributed by atoms with Gasteiger partial charge in [-0.3, -0.25) is 0 Å². The lowest BCUT2D eigenvalue weighted by atomic mass is 9.97. The molecule has 6 aliphatic rings. The van der Waals surface area contributed by atoms with Crippen molar-refractivity contribution in [1.82, 2.24) is 0 Å². The Labute approximate surface area is 815 Å². The summed E-state index contributed by atoms with van der Waals surface area (Å²) in [5.41, 5.74) is 6.54. The van der Waals surface area contributed by atoms with Crippen LogP contribution in [0.1, 0.15) is 114 Å². The van der Waals surface area contributed by atoms with Gasteiger partial charge in [-0.1, -0.05) is 60.7 Å². The number of nitrogens with zero attached hydrogens (tertiary/aromatic N) is 11. The Hall–Kier alpha value is -14.6. The van der Waals surface area contributed by atoms with E-state index in [1.54, 1.807) is 164 Å². The average molecular weight is 2000 g/mol. The quantitative estimate of drug-likeness (QED) is 0.0509. The lowest BCUT2D eigenvalue weighted by Crippen LogP contribution is -2.46. The summed E-state index contributed by atoms with van der Waals surface area (Å²) in [5.74, 6) is -1.06. The van der Waals surface area contributed by atoms with Gasteiger partial charge in [0, 0.05) is 197 Å². The highest BCUT2D eigenvalue weighted by molar-refractivity contribution is 6.55. The van der Waals surface area contributed by atoms with Gasteiger partial charge in [0.15, 0.2) is 34.1 Å². The molecular weight excluding hydrogens is 1900 g/mol. The Morgan fingerprint density at radius 2 is 0.406 bits per heavy atom. The molecule has 6 heterocycles. The van der Waals surface area contributed by atoms with Gasteiger partial charge in [-0.25, -0.2) is 8.78 Å². The molecule has 18 rings (SSSR count). The normalized spacial score (nSPS) is 15.6. The SMILES string of the molecule is CCN(CC)c1ccc([N+]2=Cc3ccc(N(CC)CC)cc3O[B-]2(F)F)cc1.CCN(CC)c1ccc2c(c1)O[B-](F)(F)[N+](c1cc(F)cc(F)c1)=C2.CCN(CC)c1ccc2c(c1)O[B-](F)(F)[N+](c1ccc(C(F)(F)F)cc1)=C2.CCN(CC)c1ccc2c(c1)O[B-](F)(F)[N+](c1ccccc1)=C2.F[B-]1(F)Oc2ccccc2C=[N+]1c1ccc(C(F)(F)F)cc1.F[B-]1(F)Oc2ccccc2C=[N+]1c1ccccc1. The number of rotatable bonds is 21. The number of hydrogen-bond donors (Lipinski definition) is 0. The van der Waals surface area contributed by atoms with Gasteiger partial charge in [-0.2, -0.15) is 26.3 Å². The fourth-order valence-corrected chi connectivity index (χ4v) is 16.6. The minimum absolute atomic E-state index is 0.0376. The number of halogens is 20. The van der Waals surface area contributed by atoms with Gasteiger partial charge in [-0.15, -0.1) is 0 Å². The van der Waals surface area contributed by atoms with E-state index < -0.39 is 77.3 Å². The molecule has 12 aromatic carbocycles. The van der Waals surface area contributed by atoms with E-state index >= 15 is 0 Å². The monoisotopic (exact) mass is 2000 g/mol. The molecule has 6 aliphatic heterocycles. The van der Waals surface area contributed by atoms with Crippen molar-refractivity contribution in [2.24, 2.45) is 0 Å². The van der Waals surface area contributed by atoms with E-state index in [1.165, 1.54) is 37.1 Å². The van der Waals surface area contributed by atoms with Crippen LogP contribution in [0.3, 0.4) is 0 Å². The second kappa shape index (κ2) is 44.3. The summed E-state index contributed by atoms with van der Waals surface area (Å²) < 4.78 is 309. The zero-order valence-corrected chi connectivity index (χ0v) is 79.4. The highest BCUT2D eigenvalue weighted by atomic mass is 19.4. The van der Waals surface area contributed by atoms with Crippen LogP contribution in [-0.4, -0.2) is 172 Å². The molecule has 0 bridgehead atoms. The van der Waals surface area contributed by atoms with Gasteiger partial charge in [0.05, 0.1) is 79.0 Å². The Morgan fingerprint density at radius 3 is 0.650 bits per heavy atom. The summed E-state index contributed by atoms with van der Waals surface area (Å²) in [6, 6.07) is 67.5. The maximum Gasteiger partial charge on any atom is 0.834 e. The molecule has 17 nitrogen and oxygen atoms in total. The van der Waals surface area contributed by atoms with E-state index in [4.69, 9.17) is 23.3 Å². The first-order chi connectivity index (χ1) is 67.9. The summed E-state index contributed by atoms with van der Waals surface area (Å²) >= 11 is 0. The van der Waals surface area contributed by atoms with E-state index in [0.717, 1.165) is 174 Å². The van der Waals surface area contributed by atoms with E-state index in [2.05, 4.69) is 33.2 Å². The van der Waals surface area contributed by atoms with Crippen molar-refractivity contribution in [2.75, 3.05) is 89.9 Å². The topological polar surface area (TPSA) is 89.6 Å². The number of alkyl halides is 6. The maximum absolute atomic E-state index is 14.8. The number of para-hydroxylation sites is 4. The van der Waals surface area contributed by atoms with Gasteiger partial charge >= 0.3 is 54.6 Å². The van der Waals surface area contributed by atoms with Gasteiger partial charge in [0.1, 0.15) is 48.9 Å². The summed E-state index contributed by atoms with van der Waals surface area (Å²) in [4.78, 5) is 10.4. The Bertz CT molecular complexity index is 6660. The number of fused-ring (bicyclic) bond motifs is 6. The van der Waals surface area contributed by atoms with Crippen LogP contribution in [0, 0.1) is 11.6 Å². The predicted octanol–water partition coefficient (Wildman–Crippen LogP) is 25.8. The van der Waals surface area contributed by atoms with E-state index in [1.807, 2.05) is 102 Å². The molecule has 0 aliphatic carbocycles. The predicted molar refractivity (Wildman–Crippen MR) is 527 cm³/mol. The zero-order valence-electron chi connectivity index (χ0n) is 79.4. The molecule has 0 aromatic heterocycles. The van der Waals surface area contributed by atoms with E-state index in [9.17, 15) is 86.9 Å². The van der Waals surface area contributed by atoms with Crippen molar-refractivity contribution in [1.29, 1.82) is 0 Å². The summed E-state index contributed by atoms with van der Waals surface area (Å²) in [6.45, 7) is 28.0. The molecule has 0 amide bonds. The standard InChI is InChI=1S/C21H28BF2N3O.C18H18BF5N2O.C17H17BF4N2O.C17H19BF2N2O.C14H9BF5NO.C13H10BF2NO/c1-5-25(6-2)18-11-13-19(14-12-18)27-16-17-9-10-20(26(7-3)8-4)15-21(17)28-22(27,23)24;1-3-25(4-2)16-8-5-13-12-26(19(23,24)27-17(13)11-16)15-9-6-14(7-10-15)18(20,21)22;1-3-23(4-2)15-6-5-12-11-24(18(21,22)25-17(12)10-15)16-8-13(19)7-14(20)9-16;1-3-21(4-2)16-11-10-14-13-22(15-8-6-5-7-9-15)18(19,20)23-17(14)12-16;16-14(17,18)11-5-7-12(8-6-11)21-9-10-3-1-2-4-13(10)22-15(21,19)20;15-14(16)17(12-7-2-1-3-8-12)10-11-6-4-5-9-13(11)18-14/h9-16H,5-8H2,1-4H3;5-12H,3-4H2,1-2H3;5-11H,3-4H2,1-2H3;5-13H,3-4H2,1-2H3;1-9H;1-10H. The third-order valence-electron chi connectivity index (χ3n) is 24.1. The van der Waals surface area contributed by atoms with Crippen molar-refractivity contribution in [3.05, 3.63) is 329 Å². The smallest absolute Gasteiger partial charge is 0.599 e. The van der Waals surface area contributed by atoms with Crippen LogP contribution < -0.4 is 52.4 Å². The average Bonchev–Trinajstić information content (AvgIpc) is 0.797. The largest absolute Gasteiger partial charge is 0.834 e. The molecule has 43 heteroatoms. The molecule has 0 saturated carbocycles. The Kier molecular flexibility index (Phi) is 32.8. The van der Waals surface area contributed by atoms with Gasteiger partial charge in [-0.05, 0) is 178 Å². The first kappa shape index (κ1) is 106. The second-order valence-electron chi connectivity index (χ2n) is 33.0. The molecule has 0 saturated heterocycles. The minimum Gasteiger partial charge on any atom is -0.599 e. The molecule has 0 fully saturated rings. The van der Waals surface area contributed by atoms with Crippen LogP contribution in [0.4, 0.5) is 149 Å². The second-order valence-corrected chi connectivity index (χ2v) is 33.0. The zero-order chi connectivity index (χ0) is 103. The lowest BCUT2D eigenvalue weighted by Gasteiger charge is -2.30. The Morgan fingerprint density at radius 1 is 0.210 bits per heavy atom. The third kappa shape index (κ3) is 25.0. The fourth-order valence-electron chi connectivity index (χ4n) is 16.6. The van der Waals surface area contributed by atoms with Gasteiger partial charge in [0.25, 0.3) is 0 Å². The first-order valence-electron chi connectivity index (χ1n) is 46.4. The highest BCUT2D eigenvalue weighted by Crippen LogP contribution is 2.43. The van der Waals surface area contributed by atoms with Crippen molar-refractivity contribution in [3.63, 3.8) is 0 Å². The summed E-state index contributed by atoms with van der Waals surface area (Å²) in [7, 11) is -25.8. The first-order valence-corrected chi connectivity index (χ1v) is 46.4. The molecule has 0 spiro atoms. The van der Waals surface area contributed by atoms with Crippen LogP contribution in [0.5, 0.6) is 34.5 Å². The van der Waals surface area contributed by atoms with E-state index in [0.29, 0.717) is 70.0 Å². The lowest BCUT2D eigenvalue weighted by molar-refractivity contribution is -0.344. The molecule has 12 aromatic rings. The fraction of sp³-hybridized carbons (Fsp3) is 0.220. The summed E-state index contributed by atoms with van der Waals surface area (Å²) in [5, 5.41) is 0. The van der Waals surface area contributed by atoms with Crippen LogP contribution in [0.25, 0.3) is 0 Å². The van der Waals surface area contributed by atoms with Crippen LogP contribution >= 0.6 is 0 Å². The van der Waals surface area contributed by atoms with Crippen molar-refractivity contribution >= 4 is 142 Å². The van der Waals surface area contributed by atoms with Crippen LogP contribution in [0.2, 0.25) is 0 Å². The van der Waals surface area contributed by atoms with Crippen LogP contribution in [-0.2, 0) is 12.4 Å². The third-order valence-corrected chi connectivity index (χ3v) is 24.1. The minimum atomic E-state index is -4.53. The van der Waals surface area contributed by atoms with Crippen molar-refractivity contribution in [3.8, 4) is 34.5 Å². The van der Waals surface area contributed by atoms with Gasteiger partial charge in [0.2, 0.25) is 0 Å². The van der Waals surface area contributed by atoms with Crippen molar-refractivity contribution in [2.45, 2.75) is 81.6 Å². The number of hydrogen-bond acceptors (Lipinski definition) is 11. The highest BCUT2D eigenvalue weighted by Gasteiger charge is 2.56. The molecule has 0 unspecified atom stereocenters. The maximum atomic E-state index is 14.8. The van der Waals surface area contributed by atoms with Crippen LogP contribution in [0.15, 0.2) is 273 Å².